The number of carbonyl (C=O) groups excluding carboxylic acids is 2. The smallest absolute Gasteiger partial charge is 0.279 e. The highest BCUT2D eigenvalue weighted by Gasteiger charge is 2.23. The summed E-state index contributed by atoms with van der Waals surface area (Å²) in [5.41, 5.74) is 1.87. The number of piperazine rings is 1. The number of amides is 2. The minimum absolute atomic E-state index is 0.0146. The molecule has 0 unspecified atom stereocenters. The fourth-order valence-electron chi connectivity index (χ4n) is 3.12. The van der Waals surface area contributed by atoms with Gasteiger partial charge in [-0.15, -0.1) is 0 Å². The monoisotopic (exact) mass is 368 g/mol. The minimum atomic E-state index is -0.0146. The number of quaternary nitrogens is 1. The highest BCUT2D eigenvalue weighted by molar-refractivity contribution is 5.91. The van der Waals surface area contributed by atoms with E-state index in [9.17, 15) is 9.59 Å². The normalized spacial score (nSPS) is 14.6. The van der Waals surface area contributed by atoms with E-state index in [1.54, 1.807) is 6.92 Å². The van der Waals surface area contributed by atoms with Crippen molar-refractivity contribution in [2.45, 2.75) is 13.5 Å². The van der Waals surface area contributed by atoms with Crippen LogP contribution in [-0.4, -0.2) is 49.4 Å². The molecule has 1 heterocycles. The third kappa shape index (κ3) is 5.82. The summed E-state index contributed by atoms with van der Waals surface area (Å²) in [6.45, 7) is 5.56. The van der Waals surface area contributed by atoms with E-state index in [-0.39, 0.29) is 11.8 Å². The first-order valence-corrected chi connectivity index (χ1v) is 9.26. The summed E-state index contributed by atoms with van der Waals surface area (Å²) in [7, 11) is 0. The second-order valence-corrected chi connectivity index (χ2v) is 6.78. The molecule has 142 valence electrons. The zero-order valence-electron chi connectivity index (χ0n) is 15.6. The van der Waals surface area contributed by atoms with Crippen LogP contribution in [0.15, 0.2) is 54.6 Å². The molecule has 0 bridgehead atoms. The van der Waals surface area contributed by atoms with Gasteiger partial charge < -0.3 is 19.9 Å². The molecule has 0 saturated carbocycles. The van der Waals surface area contributed by atoms with Crippen molar-refractivity contribution in [3.05, 3.63) is 60.2 Å². The Morgan fingerprint density at radius 1 is 1.04 bits per heavy atom. The maximum atomic E-state index is 12.2. The first-order chi connectivity index (χ1) is 13.1. The molecule has 3 rings (SSSR count). The number of carbonyl (C=O) groups is 2. The van der Waals surface area contributed by atoms with Crippen molar-refractivity contribution in [3.8, 4) is 5.75 Å². The molecule has 2 N–H and O–H groups in total. The van der Waals surface area contributed by atoms with E-state index in [0.29, 0.717) is 26.2 Å². The first kappa shape index (κ1) is 18.9. The molecule has 0 aliphatic carbocycles. The summed E-state index contributed by atoms with van der Waals surface area (Å²) in [4.78, 5) is 26.6. The molecule has 0 spiro atoms. The minimum Gasteiger partial charge on any atom is -0.489 e. The average Bonchev–Trinajstić information content (AvgIpc) is 2.68. The Balaban J connectivity index is 1.42. The van der Waals surface area contributed by atoms with Gasteiger partial charge in [0.15, 0.2) is 6.54 Å². The summed E-state index contributed by atoms with van der Waals surface area (Å²) in [6.07, 6.45) is 0. The van der Waals surface area contributed by atoms with E-state index in [4.69, 9.17) is 4.74 Å². The number of hydrogen-bond acceptors (Lipinski definition) is 3. The van der Waals surface area contributed by atoms with Crippen molar-refractivity contribution in [2.75, 3.05) is 38.0 Å². The third-order valence-electron chi connectivity index (χ3n) is 4.71. The number of nitrogens with one attached hydrogen (secondary N) is 2. The lowest BCUT2D eigenvalue weighted by Gasteiger charge is -2.31. The zero-order chi connectivity index (χ0) is 19.1. The lowest BCUT2D eigenvalue weighted by Crippen LogP contribution is -3.15. The number of ether oxygens (including phenoxy) is 1. The Kier molecular flexibility index (Phi) is 6.44. The van der Waals surface area contributed by atoms with E-state index in [2.05, 4.69) is 5.32 Å². The van der Waals surface area contributed by atoms with Crippen LogP contribution >= 0.6 is 0 Å². The fraction of sp³-hybridized carbons (Fsp3) is 0.333. The van der Waals surface area contributed by atoms with Crippen molar-refractivity contribution in [3.63, 3.8) is 0 Å². The highest BCUT2D eigenvalue weighted by Crippen LogP contribution is 2.17. The first-order valence-electron chi connectivity index (χ1n) is 9.26. The largest absolute Gasteiger partial charge is 0.489 e. The van der Waals surface area contributed by atoms with Crippen LogP contribution in [0.2, 0.25) is 0 Å². The van der Waals surface area contributed by atoms with Crippen LogP contribution in [0.5, 0.6) is 5.75 Å². The molecule has 0 radical (unpaired) electrons. The molecule has 27 heavy (non-hydrogen) atoms. The second-order valence-electron chi connectivity index (χ2n) is 6.78. The second kappa shape index (κ2) is 9.19. The molecule has 1 aliphatic rings. The van der Waals surface area contributed by atoms with Crippen molar-refractivity contribution >= 4 is 17.5 Å². The quantitative estimate of drug-likeness (QED) is 0.798. The zero-order valence-corrected chi connectivity index (χ0v) is 15.6. The lowest BCUT2D eigenvalue weighted by atomic mass is 10.2. The molecule has 1 aliphatic heterocycles. The molecule has 0 atom stereocenters. The number of nitrogens with zero attached hydrogens (tertiary/aromatic N) is 1. The fourth-order valence-corrected chi connectivity index (χ4v) is 3.12. The number of anilines is 1. The Morgan fingerprint density at radius 2 is 1.70 bits per heavy atom. The van der Waals surface area contributed by atoms with Crippen LogP contribution in [0.25, 0.3) is 0 Å². The van der Waals surface area contributed by atoms with Gasteiger partial charge in [0.25, 0.3) is 5.91 Å². The van der Waals surface area contributed by atoms with E-state index in [1.165, 1.54) is 4.90 Å². The molecule has 2 aromatic carbocycles. The number of hydrogen-bond donors (Lipinski definition) is 2. The van der Waals surface area contributed by atoms with Crippen LogP contribution in [0.3, 0.4) is 0 Å². The van der Waals surface area contributed by atoms with Gasteiger partial charge in [0.1, 0.15) is 12.4 Å². The average molecular weight is 368 g/mol. The lowest BCUT2D eigenvalue weighted by molar-refractivity contribution is -0.895. The van der Waals surface area contributed by atoms with Crippen molar-refractivity contribution in [2.24, 2.45) is 0 Å². The van der Waals surface area contributed by atoms with Gasteiger partial charge >= 0.3 is 0 Å². The van der Waals surface area contributed by atoms with Crippen molar-refractivity contribution < 1.29 is 19.2 Å². The van der Waals surface area contributed by atoms with Crippen molar-refractivity contribution in [1.29, 1.82) is 0 Å². The van der Waals surface area contributed by atoms with Gasteiger partial charge in [-0.25, -0.2) is 0 Å². The number of benzene rings is 2. The molecule has 6 heteroatoms. The standard InChI is InChI=1S/C21H25N3O3/c1-17(25)24-13-11-23(12-14-24)15-21(26)22-19-7-9-20(10-8-19)27-16-18-5-3-2-4-6-18/h2-10H,11-16H2,1H3,(H,22,26)/p+1. The molecular formula is C21H26N3O3+. The predicted molar refractivity (Wildman–Crippen MR) is 104 cm³/mol. The van der Waals surface area contributed by atoms with Crippen molar-refractivity contribution in [1.82, 2.24) is 4.90 Å². The van der Waals surface area contributed by atoms with Crippen LogP contribution in [0.1, 0.15) is 12.5 Å². The van der Waals surface area contributed by atoms with Crippen LogP contribution in [0.4, 0.5) is 5.69 Å². The topological polar surface area (TPSA) is 63.1 Å². The van der Waals surface area contributed by atoms with E-state index < -0.39 is 0 Å². The Bertz CT molecular complexity index is 754. The van der Waals surface area contributed by atoms with E-state index >= 15 is 0 Å². The molecular weight excluding hydrogens is 342 g/mol. The maximum absolute atomic E-state index is 12.2. The molecule has 1 fully saturated rings. The summed E-state index contributed by atoms with van der Waals surface area (Å²) in [6, 6.07) is 17.4. The summed E-state index contributed by atoms with van der Waals surface area (Å²) >= 11 is 0. The Hall–Kier alpha value is -2.86. The van der Waals surface area contributed by atoms with Gasteiger partial charge in [-0.1, -0.05) is 30.3 Å². The Labute approximate surface area is 159 Å². The number of rotatable bonds is 6. The van der Waals surface area contributed by atoms with Crippen LogP contribution < -0.4 is 15.0 Å². The SMILES string of the molecule is CC(=O)N1CC[NH+](CC(=O)Nc2ccc(OCc3ccccc3)cc2)CC1. The molecule has 6 nitrogen and oxygen atoms in total. The van der Waals surface area contributed by atoms with Gasteiger partial charge in [-0.05, 0) is 29.8 Å². The van der Waals surface area contributed by atoms with Gasteiger partial charge in [-0.2, -0.15) is 0 Å². The van der Waals surface area contributed by atoms with Gasteiger partial charge in [0, 0.05) is 12.6 Å². The molecule has 1 saturated heterocycles. The Morgan fingerprint density at radius 3 is 2.33 bits per heavy atom. The molecule has 2 aromatic rings. The van der Waals surface area contributed by atoms with Crippen LogP contribution in [-0.2, 0) is 16.2 Å². The third-order valence-corrected chi connectivity index (χ3v) is 4.71. The summed E-state index contributed by atoms with van der Waals surface area (Å²) in [5.74, 6) is 0.857. The van der Waals surface area contributed by atoms with Gasteiger partial charge in [-0.3, -0.25) is 9.59 Å². The molecule has 2 amide bonds. The van der Waals surface area contributed by atoms with Gasteiger partial charge in [0.2, 0.25) is 5.91 Å². The van der Waals surface area contributed by atoms with Crippen LogP contribution in [0, 0.1) is 0 Å². The van der Waals surface area contributed by atoms with E-state index in [1.807, 2.05) is 59.5 Å². The van der Waals surface area contributed by atoms with E-state index in [0.717, 1.165) is 30.1 Å². The van der Waals surface area contributed by atoms with Gasteiger partial charge in [0.05, 0.1) is 26.2 Å². The maximum Gasteiger partial charge on any atom is 0.279 e. The molecule has 0 aromatic heterocycles. The predicted octanol–water partition coefficient (Wildman–Crippen LogP) is 0.951. The summed E-state index contributed by atoms with van der Waals surface area (Å²) < 4.78 is 5.75. The summed E-state index contributed by atoms with van der Waals surface area (Å²) in [5, 5.41) is 2.93. The highest BCUT2D eigenvalue weighted by atomic mass is 16.5.